The van der Waals surface area contributed by atoms with Crippen LogP contribution in [0, 0.1) is 0 Å². The number of nitrogens with two attached hydrogens (primary N) is 1. The molecule has 0 aliphatic carbocycles. The molecule has 10 nitrogen and oxygen atoms in total. The maximum Gasteiger partial charge on any atom is 0.262 e. The van der Waals surface area contributed by atoms with Crippen LogP contribution >= 0.6 is 0 Å². The van der Waals surface area contributed by atoms with Crippen LogP contribution < -0.4 is 21.1 Å². The number of anilines is 2. The van der Waals surface area contributed by atoms with Crippen molar-refractivity contribution in [1.82, 2.24) is 9.55 Å². The summed E-state index contributed by atoms with van der Waals surface area (Å²) in [6.45, 7) is -0.108. The van der Waals surface area contributed by atoms with Crippen molar-refractivity contribution in [3.63, 3.8) is 0 Å². The monoisotopic (exact) mass is 443 g/mol. The summed E-state index contributed by atoms with van der Waals surface area (Å²) in [5, 5.41) is 15.7. The zero-order valence-corrected chi connectivity index (χ0v) is 17.0. The fraction of sp³-hybridized carbons (Fsp3) is 0.0435. The zero-order chi connectivity index (χ0) is 23.1. The Labute approximate surface area is 186 Å². The number of hydrogen-bond acceptors (Lipinski definition) is 6. The number of rotatable bonds is 4. The maximum absolute atomic E-state index is 12.9. The van der Waals surface area contributed by atoms with Crippen LogP contribution in [-0.4, -0.2) is 39.0 Å². The van der Waals surface area contributed by atoms with Gasteiger partial charge in [-0.05, 0) is 48.5 Å². The van der Waals surface area contributed by atoms with Crippen LogP contribution in [0.2, 0.25) is 0 Å². The number of carbonyl (C=O) groups is 3. The summed E-state index contributed by atoms with van der Waals surface area (Å²) in [7, 11) is 0. The van der Waals surface area contributed by atoms with Gasteiger partial charge in [0, 0.05) is 23.0 Å². The van der Waals surface area contributed by atoms with Gasteiger partial charge in [0.15, 0.2) is 6.61 Å². The van der Waals surface area contributed by atoms with Crippen molar-refractivity contribution in [3.05, 3.63) is 72.1 Å². The highest BCUT2D eigenvalue weighted by molar-refractivity contribution is 6.07. The smallest absolute Gasteiger partial charge is 0.262 e. The molecule has 0 atom stereocenters. The first-order valence-electron chi connectivity index (χ1n) is 9.87. The molecule has 33 heavy (non-hydrogen) atoms. The van der Waals surface area contributed by atoms with Crippen molar-refractivity contribution in [3.8, 4) is 17.2 Å². The van der Waals surface area contributed by atoms with E-state index in [2.05, 4.69) is 15.6 Å². The van der Waals surface area contributed by atoms with Gasteiger partial charge in [-0.25, -0.2) is 4.98 Å². The third-order valence-corrected chi connectivity index (χ3v) is 5.21. The lowest BCUT2D eigenvalue weighted by Crippen LogP contribution is -2.25. The molecule has 0 saturated heterocycles. The van der Waals surface area contributed by atoms with Gasteiger partial charge in [0.1, 0.15) is 17.8 Å². The second-order valence-corrected chi connectivity index (χ2v) is 7.39. The van der Waals surface area contributed by atoms with E-state index < -0.39 is 11.8 Å². The van der Waals surface area contributed by atoms with Crippen molar-refractivity contribution in [2.45, 2.75) is 0 Å². The van der Waals surface area contributed by atoms with Crippen molar-refractivity contribution < 1.29 is 24.2 Å². The van der Waals surface area contributed by atoms with Crippen molar-refractivity contribution in [2.24, 2.45) is 5.73 Å². The average molecular weight is 443 g/mol. The molecule has 164 valence electrons. The molecule has 0 bridgehead atoms. The number of nitrogens with one attached hydrogen (secondary N) is 2. The molecule has 1 aliphatic rings. The predicted molar refractivity (Wildman–Crippen MR) is 120 cm³/mol. The number of fused-ring (bicyclic) bond motifs is 2. The molecule has 1 aromatic heterocycles. The fourth-order valence-corrected chi connectivity index (χ4v) is 3.57. The van der Waals surface area contributed by atoms with E-state index in [1.807, 2.05) is 0 Å². The summed E-state index contributed by atoms with van der Waals surface area (Å²) in [5.74, 6) is -1.14. The highest BCUT2D eigenvalue weighted by Gasteiger charge is 2.18. The van der Waals surface area contributed by atoms with E-state index in [0.29, 0.717) is 39.4 Å². The van der Waals surface area contributed by atoms with Gasteiger partial charge in [-0.2, -0.15) is 0 Å². The summed E-state index contributed by atoms with van der Waals surface area (Å²) < 4.78 is 7.05. The molecule has 0 spiro atoms. The minimum absolute atomic E-state index is 0.0346. The van der Waals surface area contributed by atoms with Gasteiger partial charge in [-0.3, -0.25) is 19.0 Å². The first-order chi connectivity index (χ1) is 15.9. The number of benzene rings is 3. The lowest BCUT2D eigenvalue weighted by Gasteiger charge is -2.18. The van der Waals surface area contributed by atoms with Gasteiger partial charge in [0.25, 0.3) is 11.8 Å². The average Bonchev–Trinajstić information content (AvgIpc) is 3.22. The number of phenolic OH excluding ortho intramolecular Hbond substituents is 1. The highest BCUT2D eigenvalue weighted by atomic mass is 16.5. The van der Waals surface area contributed by atoms with Gasteiger partial charge in [0.05, 0.1) is 22.3 Å². The number of nitrogens with zero attached hydrogens (tertiary/aromatic N) is 2. The molecule has 0 unspecified atom stereocenters. The van der Waals surface area contributed by atoms with E-state index in [9.17, 15) is 19.5 Å². The second-order valence-electron chi connectivity index (χ2n) is 7.39. The fourth-order valence-electron chi connectivity index (χ4n) is 3.57. The summed E-state index contributed by atoms with van der Waals surface area (Å²) >= 11 is 0. The van der Waals surface area contributed by atoms with E-state index in [1.54, 1.807) is 53.4 Å². The van der Waals surface area contributed by atoms with Gasteiger partial charge in [0.2, 0.25) is 5.91 Å². The number of phenols is 1. The van der Waals surface area contributed by atoms with Crippen LogP contribution in [0.1, 0.15) is 20.7 Å². The van der Waals surface area contributed by atoms with Crippen LogP contribution in [-0.2, 0) is 4.79 Å². The molecule has 0 fully saturated rings. The molecular weight excluding hydrogens is 426 g/mol. The highest BCUT2D eigenvalue weighted by Crippen LogP contribution is 2.31. The molecular formula is C23H17N5O5. The summed E-state index contributed by atoms with van der Waals surface area (Å²) in [6, 6.07) is 14.2. The van der Waals surface area contributed by atoms with E-state index in [0.717, 1.165) is 0 Å². The summed E-state index contributed by atoms with van der Waals surface area (Å²) in [4.78, 5) is 40.2. The van der Waals surface area contributed by atoms with Crippen LogP contribution in [0.4, 0.5) is 11.4 Å². The number of carbonyl (C=O) groups excluding carboxylic acids is 3. The third-order valence-electron chi connectivity index (χ3n) is 5.21. The molecule has 5 N–H and O–H groups in total. The van der Waals surface area contributed by atoms with Crippen molar-refractivity contribution in [2.75, 3.05) is 17.2 Å². The SMILES string of the molecule is NC(=O)c1ccc2ncn(-c3ccc(O)c(C(=O)Nc4ccc5c(c4)OCC(=O)N5)c3)c2c1. The Bertz CT molecular complexity index is 1460. The van der Waals surface area contributed by atoms with Gasteiger partial charge in [-0.15, -0.1) is 0 Å². The predicted octanol–water partition coefficient (Wildman–Crippen LogP) is 2.41. The number of aromatic nitrogens is 2. The van der Waals surface area contributed by atoms with Gasteiger partial charge < -0.3 is 26.2 Å². The standard InChI is InChI=1S/C23H17N5O5/c24-22(31)12-1-4-16-18(7-12)28(11-25-16)14-3-6-19(29)15(9-14)23(32)26-13-2-5-17-20(8-13)33-10-21(30)27-17/h1-9,11,29H,10H2,(H2,24,31)(H,26,32)(H,27,30). The summed E-state index contributed by atoms with van der Waals surface area (Å²) in [5.41, 5.74) is 8.50. The van der Waals surface area contributed by atoms with Gasteiger partial charge >= 0.3 is 0 Å². The number of aromatic hydroxyl groups is 1. The van der Waals surface area contributed by atoms with Crippen molar-refractivity contribution >= 4 is 40.1 Å². The van der Waals surface area contributed by atoms with Crippen LogP contribution in [0.3, 0.4) is 0 Å². The molecule has 1 aliphatic heterocycles. The Morgan fingerprint density at radius 2 is 1.97 bits per heavy atom. The first-order valence-corrected chi connectivity index (χ1v) is 9.87. The Kier molecular flexibility index (Phi) is 4.67. The molecule has 3 aromatic carbocycles. The minimum atomic E-state index is -0.566. The van der Waals surface area contributed by atoms with Crippen LogP contribution in [0.5, 0.6) is 11.5 Å². The second kappa shape index (κ2) is 7.68. The molecule has 0 radical (unpaired) electrons. The Balaban J connectivity index is 1.46. The molecule has 10 heteroatoms. The Hall–Kier alpha value is -4.86. The largest absolute Gasteiger partial charge is 0.507 e. The first kappa shape index (κ1) is 20.1. The third kappa shape index (κ3) is 3.69. The Morgan fingerprint density at radius 3 is 2.79 bits per heavy atom. The Morgan fingerprint density at radius 1 is 1.12 bits per heavy atom. The minimum Gasteiger partial charge on any atom is -0.507 e. The molecule has 0 saturated carbocycles. The molecule has 2 heterocycles. The quantitative estimate of drug-likeness (QED) is 0.381. The summed E-state index contributed by atoms with van der Waals surface area (Å²) in [6.07, 6.45) is 1.55. The number of hydrogen-bond donors (Lipinski definition) is 4. The van der Waals surface area contributed by atoms with Gasteiger partial charge in [-0.1, -0.05) is 0 Å². The van der Waals surface area contributed by atoms with E-state index >= 15 is 0 Å². The van der Waals surface area contributed by atoms with E-state index in [-0.39, 0.29) is 23.8 Å². The number of amides is 3. The zero-order valence-electron chi connectivity index (χ0n) is 17.0. The van der Waals surface area contributed by atoms with Crippen molar-refractivity contribution in [1.29, 1.82) is 0 Å². The molecule has 5 rings (SSSR count). The molecule has 3 amide bonds. The number of primary amides is 1. The number of imidazole rings is 1. The van der Waals surface area contributed by atoms with E-state index in [1.165, 1.54) is 12.1 Å². The molecule has 4 aromatic rings. The normalized spacial score (nSPS) is 12.5. The number of ether oxygens (including phenoxy) is 1. The topological polar surface area (TPSA) is 149 Å². The lowest BCUT2D eigenvalue weighted by molar-refractivity contribution is -0.118. The maximum atomic E-state index is 12.9. The van der Waals surface area contributed by atoms with E-state index in [4.69, 9.17) is 10.5 Å². The lowest BCUT2D eigenvalue weighted by atomic mass is 10.1. The van der Waals surface area contributed by atoms with Crippen LogP contribution in [0.15, 0.2) is 60.9 Å². The van der Waals surface area contributed by atoms with Crippen LogP contribution in [0.25, 0.3) is 16.7 Å².